The third-order valence-electron chi connectivity index (χ3n) is 4.44. The van der Waals surface area contributed by atoms with Crippen molar-refractivity contribution in [3.05, 3.63) is 71.8 Å². The first-order valence-electron chi connectivity index (χ1n) is 9.65. The minimum absolute atomic E-state index is 0.124. The van der Waals surface area contributed by atoms with Crippen LogP contribution < -0.4 is 0 Å². The van der Waals surface area contributed by atoms with E-state index in [1.54, 1.807) is 0 Å². The van der Waals surface area contributed by atoms with Gasteiger partial charge in [-0.05, 0) is 65.8 Å². The first-order valence-corrected chi connectivity index (χ1v) is 9.65. The predicted octanol–water partition coefficient (Wildman–Crippen LogP) is 5.73. The number of likely N-dealkylation sites (N-methyl/N-ethyl adjacent to an activating group) is 1. The van der Waals surface area contributed by atoms with Gasteiger partial charge in [0.1, 0.15) is 0 Å². The summed E-state index contributed by atoms with van der Waals surface area (Å²) >= 11 is 0. The average molecular weight is 354 g/mol. The molecular formula is C24H35NO. The second-order valence-electron chi connectivity index (χ2n) is 8.87. The van der Waals surface area contributed by atoms with Crippen LogP contribution in [0.4, 0.5) is 0 Å². The van der Waals surface area contributed by atoms with E-state index in [-0.39, 0.29) is 11.2 Å². The number of rotatable bonds is 8. The molecule has 0 aliphatic heterocycles. The summed E-state index contributed by atoms with van der Waals surface area (Å²) in [6.07, 6.45) is 1.09. The van der Waals surface area contributed by atoms with Crippen LogP contribution in [0.5, 0.6) is 0 Å². The maximum Gasteiger partial charge on any atom is 0.0759 e. The van der Waals surface area contributed by atoms with Gasteiger partial charge in [-0.1, -0.05) is 60.7 Å². The molecule has 0 unspecified atom stereocenters. The summed E-state index contributed by atoms with van der Waals surface area (Å²) in [5.74, 6) is 0.423. The first-order chi connectivity index (χ1) is 12.2. The van der Waals surface area contributed by atoms with E-state index in [9.17, 15) is 0 Å². The van der Waals surface area contributed by atoms with Crippen molar-refractivity contribution in [2.45, 2.75) is 58.2 Å². The lowest BCUT2D eigenvalue weighted by Crippen LogP contribution is -2.44. The Balaban J connectivity index is 2.03. The third kappa shape index (κ3) is 6.93. The molecule has 0 amide bonds. The lowest BCUT2D eigenvalue weighted by atomic mass is 9.88. The highest BCUT2D eigenvalue weighted by Gasteiger charge is 2.27. The molecule has 0 fully saturated rings. The van der Waals surface area contributed by atoms with Crippen LogP contribution in [0.2, 0.25) is 0 Å². The monoisotopic (exact) mass is 353 g/mol. The van der Waals surface area contributed by atoms with Crippen LogP contribution in [-0.4, -0.2) is 36.2 Å². The molecule has 0 bridgehead atoms. The van der Waals surface area contributed by atoms with E-state index in [0.717, 1.165) is 19.5 Å². The van der Waals surface area contributed by atoms with Gasteiger partial charge in [0, 0.05) is 12.5 Å². The zero-order valence-corrected chi connectivity index (χ0v) is 17.3. The molecule has 0 saturated carbocycles. The summed E-state index contributed by atoms with van der Waals surface area (Å²) in [6.45, 7) is 12.7. The largest absolute Gasteiger partial charge is 0.369 e. The van der Waals surface area contributed by atoms with E-state index < -0.39 is 0 Å². The van der Waals surface area contributed by atoms with Crippen molar-refractivity contribution in [2.75, 3.05) is 20.1 Å². The van der Waals surface area contributed by atoms with Crippen molar-refractivity contribution >= 4 is 0 Å². The Kier molecular flexibility index (Phi) is 7.02. The summed E-state index contributed by atoms with van der Waals surface area (Å²) in [5.41, 5.74) is 2.48. The van der Waals surface area contributed by atoms with Gasteiger partial charge in [-0.25, -0.2) is 0 Å². The molecule has 2 aromatic rings. The molecule has 0 spiro atoms. The highest BCUT2D eigenvalue weighted by molar-refractivity contribution is 5.32. The van der Waals surface area contributed by atoms with Crippen molar-refractivity contribution in [1.29, 1.82) is 0 Å². The molecule has 2 rings (SSSR count). The molecule has 26 heavy (non-hydrogen) atoms. The number of hydrogen-bond donors (Lipinski definition) is 0. The molecule has 0 aromatic heterocycles. The summed E-state index contributed by atoms with van der Waals surface area (Å²) in [6, 6.07) is 21.7. The first kappa shape index (κ1) is 20.7. The summed E-state index contributed by atoms with van der Waals surface area (Å²) in [7, 11) is 2.20. The second-order valence-corrected chi connectivity index (χ2v) is 8.87. The Morgan fingerprint density at radius 2 is 1.27 bits per heavy atom. The Bertz CT molecular complexity index is 603. The van der Waals surface area contributed by atoms with E-state index in [1.807, 2.05) is 0 Å². The number of benzene rings is 2. The third-order valence-corrected chi connectivity index (χ3v) is 4.44. The van der Waals surface area contributed by atoms with Gasteiger partial charge in [0.05, 0.1) is 11.2 Å². The van der Waals surface area contributed by atoms with E-state index in [0.29, 0.717) is 5.92 Å². The van der Waals surface area contributed by atoms with Gasteiger partial charge in [-0.3, -0.25) is 0 Å². The Hall–Kier alpha value is -1.64. The highest BCUT2D eigenvalue weighted by Crippen LogP contribution is 2.28. The minimum Gasteiger partial charge on any atom is -0.369 e. The lowest BCUT2D eigenvalue weighted by molar-refractivity contribution is -0.121. The molecule has 2 heteroatoms. The Morgan fingerprint density at radius 1 is 0.808 bits per heavy atom. The molecule has 0 atom stereocenters. The average Bonchev–Trinajstić information content (AvgIpc) is 2.54. The van der Waals surface area contributed by atoms with E-state index in [4.69, 9.17) is 4.74 Å². The standard InChI is InChI=1S/C24H35NO/c1-23(2,3)26-24(4,5)19-25(6)18-17-22(20-13-9-7-10-14-20)21-15-11-8-12-16-21/h7-16,22H,17-19H2,1-6H3. The molecule has 0 heterocycles. The summed E-state index contributed by atoms with van der Waals surface area (Å²) in [5, 5.41) is 0. The van der Waals surface area contributed by atoms with E-state index >= 15 is 0 Å². The van der Waals surface area contributed by atoms with Gasteiger partial charge < -0.3 is 9.64 Å². The lowest BCUT2D eigenvalue weighted by Gasteiger charge is -2.37. The summed E-state index contributed by atoms with van der Waals surface area (Å²) in [4.78, 5) is 2.39. The van der Waals surface area contributed by atoms with Crippen molar-refractivity contribution in [1.82, 2.24) is 4.90 Å². The summed E-state index contributed by atoms with van der Waals surface area (Å²) < 4.78 is 6.23. The molecule has 0 aliphatic carbocycles. The fraction of sp³-hybridized carbons (Fsp3) is 0.500. The Morgan fingerprint density at radius 3 is 1.69 bits per heavy atom. The molecular weight excluding hydrogens is 318 g/mol. The van der Waals surface area contributed by atoms with Crippen molar-refractivity contribution < 1.29 is 4.74 Å². The molecule has 0 radical (unpaired) electrons. The van der Waals surface area contributed by atoms with Crippen LogP contribution in [0.3, 0.4) is 0 Å². The smallest absolute Gasteiger partial charge is 0.0759 e. The second kappa shape index (κ2) is 8.83. The van der Waals surface area contributed by atoms with Crippen LogP contribution in [0.1, 0.15) is 58.1 Å². The highest BCUT2D eigenvalue weighted by atomic mass is 16.5. The van der Waals surface area contributed by atoms with Gasteiger partial charge in [0.15, 0.2) is 0 Å². The zero-order chi connectivity index (χ0) is 19.2. The van der Waals surface area contributed by atoms with Gasteiger partial charge >= 0.3 is 0 Å². The van der Waals surface area contributed by atoms with Gasteiger partial charge in [0.25, 0.3) is 0 Å². The van der Waals surface area contributed by atoms with E-state index in [2.05, 4.69) is 107 Å². The molecule has 142 valence electrons. The fourth-order valence-electron chi connectivity index (χ4n) is 3.84. The normalized spacial score (nSPS) is 12.8. The predicted molar refractivity (Wildman–Crippen MR) is 112 cm³/mol. The van der Waals surface area contributed by atoms with Crippen LogP contribution >= 0.6 is 0 Å². The quantitative estimate of drug-likeness (QED) is 0.600. The topological polar surface area (TPSA) is 12.5 Å². The van der Waals surface area contributed by atoms with Crippen LogP contribution in [0.25, 0.3) is 0 Å². The number of hydrogen-bond acceptors (Lipinski definition) is 2. The van der Waals surface area contributed by atoms with Crippen molar-refractivity contribution in [3.8, 4) is 0 Å². The molecule has 2 nitrogen and oxygen atoms in total. The number of ether oxygens (including phenoxy) is 1. The van der Waals surface area contributed by atoms with Crippen molar-refractivity contribution in [3.63, 3.8) is 0 Å². The molecule has 2 aromatic carbocycles. The number of nitrogens with zero attached hydrogens (tertiary/aromatic N) is 1. The molecule has 0 saturated heterocycles. The van der Waals surface area contributed by atoms with Crippen LogP contribution in [0.15, 0.2) is 60.7 Å². The fourth-order valence-corrected chi connectivity index (χ4v) is 3.84. The zero-order valence-electron chi connectivity index (χ0n) is 17.3. The van der Waals surface area contributed by atoms with Crippen molar-refractivity contribution in [2.24, 2.45) is 0 Å². The SMILES string of the molecule is CN(CCC(c1ccccc1)c1ccccc1)CC(C)(C)OC(C)(C)C. The van der Waals surface area contributed by atoms with Crippen LogP contribution in [0, 0.1) is 0 Å². The maximum absolute atomic E-state index is 6.23. The Labute approximate surface area is 160 Å². The molecule has 0 N–H and O–H groups in total. The molecule has 0 aliphatic rings. The van der Waals surface area contributed by atoms with Crippen LogP contribution in [-0.2, 0) is 4.74 Å². The van der Waals surface area contributed by atoms with Gasteiger partial charge in [-0.2, -0.15) is 0 Å². The van der Waals surface area contributed by atoms with Gasteiger partial charge in [-0.15, -0.1) is 0 Å². The van der Waals surface area contributed by atoms with E-state index in [1.165, 1.54) is 11.1 Å². The minimum atomic E-state index is -0.165. The maximum atomic E-state index is 6.23. The van der Waals surface area contributed by atoms with Gasteiger partial charge in [0.2, 0.25) is 0 Å².